The summed E-state index contributed by atoms with van der Waals surface area (Å²) in [5.74, 6) is 0. The molecule has 0 aromatic heterocycles. The summed E-state index contributed by atoms with van der Waals surface area (Å²) < 4.78 is 6.08. The van der Waals surface area contributed by atoms with E-state index in [1.54, 1.807) is 12.1 Å². The molecule has 1 fully saturated rings. The van der Waals surface area contributed by atoms with Gasteiger partial charge in [0.1, 0.15) is 0 Å². The first-order valence-corrected chi connectivity index (χ1v) is 6.59. The number of nitro groups is 1. The van der Waals surface area contributed by atoms with Gasteiger partial charge in [-0.1, -0.05) is 22.0 Å². The molecular formula is C12H15BrN2O3. The molecule has 1 unspecified atom stereocenters. The molecule has 5 nitrogen and oxygen atoms in total. The van der Waals surface area contributed by atoms with Crippen LogP contribution in [-0.4, -0.2) is 23.7 Å². The minimum Gasteiger partial charge on any atom is -0.380 e. The minimum atomic E-state index is -0.489. The molecule has 1 heterocycles. The summed E-state index contributed by atoms with van der Waals surface area (Å²) in [7, 11) is 0. The highest BCUT2D eigenvalue weighted by molar-refractivity contribution is 9.10. The average molecular weight is 315 g/mol. The number of rotatable bonds is 3. The van der Waals surface area contributed by atoms with Gasteiger partial charge in [0.2, 0.25) is 0 Å². The van der Waals surface area contributed by atoms with E-state index in [-0.39, 0.29) is 10.6 Å². The molecule has 0 bridgehead atoms. The van der Waals surface area contributed by atoms with Crippen molar-refractivity contribution in [2.75, 3.05) is 13.2 Å². The zero-order valence-corrected chi connectivity index (χ0v) is 11.5. The summed E-state index contributed by atoms with van der Waals surface area (Å²) in [6.45, 7) is 1.18. The van der Waals surface area contributed by atoms with Crippen molar-refractivity contribution in [1.29, 1.82) is 0 Å². The third-order valence-corrected chi connectivity index (χ3v) is 3.63. The maximum atomic E-state index is 11.0. The molecule has 1 aromatic carbocycles. The molecule has 1 aromatic rings. The molecule has 1 aliphatic heterocycles. The van der Waals surface area contributed by atoms with E-state index in [1.165, 1.54) is 6.07 Å². The van der Waals surface area contributed by atoms with E-state index < -0.39 is 5.54 Å². The highest BCUT2D eigenvalue weighted by Gasteiger charge is 2.31. The summed E-state index contributed by atoms with van der Waals surface area (Å²) in [4.78, 5) is 10.7. The Labute approximate surface area is 114 Å². The first-order chi connectivity index (χ1) is 8.50. The fourth-order valence-corrected chi connectivity index (χ4v) is 2.60. The van der Waals surface area contributed by atoms with E-state index >= 15 is 0 Å². The average Bonchev–Trinajstić information content (AvgIpc) is 2.32. The molecule has 98 valence electrons. The van der Waals surface area contributed by atoms with Gasteiger partial charge in [-0.25, -0.2) is 0 Å². The van der Waals surface area contributed by atoms with Crippen molar-refractivity contribution in [3.63, 3.8) is 0 Å². The van der Waals surface area contributed by atoms with Gasteiger partial charge in [-0.15, -0.1) is 0 Å². The van der Waals surface area contributed by atoms with Crippen LogP contribution in [0.5, 0.6) is 0 Å². The highest BCUT2D eigenvalue weighted by Crippen LogP contribution is 2.29. The second-order valence-corrected chi connectivity index (χ2v) is 5.64. The SMILES string of the molecule is NC1(Cc2ccc(Br)cc2[N+](=O)[O-])CCCOC1. The fourth-order valence-electron chi connectivity index (χ4n) is 2.25. The van der Waals surface area contributed by atoms with Crippen molar-refractivity contribution in [1.82, 2.24) is 0 Å². The highest BCUT2D eigenvalue weighted by atomic mass is 79.9. The Morgan fingerprint density at radius 1 is 1.56 bits per heavy atom. The van der Waals surface area contributed by atoms with Gasteiger partial charge < -0.3 is 10.5 Å². The van der Waals surface area contributed by atoms with E-state index in [0.717, 1.165) is 19.4 Å². The lowest BCUT2D eigenvalue weighted by atomic mass is 9.86. The molecule has 0 amide bonds. The third kappa shape index (κ3) is 3.07. The second kappa shape index (κ2) is 5.34. The molecule has 1 atom stereocenters. The first-order valence-electron chi connectivity index (χ1n) is 5.80. The summed E-state index contributed by atoms with van der Waals surface area (Å²) >= 11 is 3.24. The molecule has 0 saturated carbocycles. The number of ether oxygens (including phenoxy) is 1. The summed E-state index contributed by atoms with van der Waals surface area (Å²) in [6, 6.07) is 5.07. The van der Waals surface area contributed by atoms with Gasteiger partial charge >= 0.3 is 0 Å². The number of nitro benzene ring substituents is 1. The van der Waals surface area contributed by atoms with Gasteiger partial charge in [0, 0.05) is 28.2 Å². The van der Waals surface area contributed by atoms with Crippen molar-refractivity contribution >= 4 is 21.6 Å². The van der Waals surface area contributed by atoms with Crippen molar-refractivity contribution in [2.45, 2.75) is 24.8 Å². The molecule has 2 rings (SSSR count). The van der Waals surface area contributed by atoms with Crippen LogP contribution in [0.3, 0.4) is 0 Å². The molecule has 1 aliphatic rings. The van der Waals surface area contributed by atoms with Crippen LogP contribution in [0, 0.1) is 10.1 Å². The smallest absolute Gasteiger partial charge is 0.273 e. The Balaban J connectivity index is 2.25. The van der Waals surface area contributed by atoms with E-state index in [2.05, 4.69) is 15.9 Å². The van der Waals surface area contributed by atoms with Crippen LogP contribution >= 0.6 is 15.9 Å². The lowest BCUT2D eigenvalue weighted by molar-refractivity contribution is -0.385. The molecular weight excluding hydrogens is 300 g/mol. The predicted molar refractivity (Wildman–Crippen MR) is 71.5 cm³/mol. The topological polar surface area (TPSA) is 78.4 Å². The van der Waals surface area contributed by atoms with Gasteiger partial charge in [-0.2, -0.15) is 0 Å². The van der Waals surface area contributed by atoms with Crippen molar-refractivity contribution < 1.29 is 9.66 Å². The van der Waals surface area contributed by atoms with E-state index in [1.807, 2.05) is 0 Å². The Hall–Kier alpha value is -0.980. The monoisotopic (exact) mass is 314 g/mol. The van der Waals surface area contributed by atoms with E-state index in [4.69, 9.17) is 10.5 Å². The Kier molecular flexibility index (Phi) is 3.99. The Morgan fingerprint density at radius 3 is 2.94 bits per heavy atom. The standard InChI is InChI=1S/C12H15BrN2O3/c13-10-3-2-9(11(6-10)15(16)17)7-12(14)4-1-5-18-8-12/h2-3,6H,1,4-5,7-8,14H2. The molecule has 18 heavy (non-hydrogen) atoms. The van der Waals surface area contributed by atoms with Crippen LogP contribution in [0.15, 0.2) is 22.7 Å². The minimum absolute atomic E-state index is 0.111. The zero-order valence-electron chi connectivity index (χ0n) is 9.89. The largest absolute Gasteiger partial charge is 0.380 e. The molecule has 1 saturated heterocycles. The van der Waals surface area contributed by atoms with Gasteiger partial charge in [-0.05, 0) is 25.3 Å². The van der Waals surface area contributed by atoms with Crippen LogP contribution in [0.25, 0.3) is 0 Å². The quantitative estimate of drug-likeness (QED) is 0.686. The molecule has 6 heteroatoms. The third-order valence-electron chi connectivity index (χ3n) is 3.14. The zero-order chi connectivity index (χ0) is 13.2. The molecule has 0 radical (unpaired) electrons. The number of halogens is 1. The summed E-state index contributed by atoms with van der Waals surface area (Å²) in [5, 5.41) is 11.0. The van der Waals surface area contributed by atoms with E-state index in [0.29, 0.717) is 23.1 Å². The van der Waals surface area contributed by atoms with Gasteiger partial charge in [0.25, 0.3) is 5.69 Å². The summed E-state index contributed by atoms with van der Waals surface area (Å²) in [5.41, 5.74) is 6.52. The first kappa shape index (κ1) is 13.5. The normalized spacial score (nSPS) is 23.9. The molecule has 0 aliphatic carbocycles. The maximum absolute atomic E-state index is 11.0. The van der Waals surface area contributed by atoms with Gasteiger partial charge in [0.05, 0.1) is 11.5 Å². The Bertz CT molecular complexity index is 459. The lowest BCUT2D eigenvalue weighted by Gasteiger charge is -2.33. The number of hydrogen-bond acceptors (Lipinski definition) is 4. The van der Waals surface area contributed by atoms with Crippen LogP contribution in [0.2, 0.25) is 0 Å². The molecule has 0 spiro atoms. The van der Waals surface area contributed by atoms with Gasteiger partial charge in [-0.3, -0.25) is 10.1 Å². The number of hydrogen-bond donors (Lipinski definition) is 1. The van der Waals surface area contributed by atoms with Crippen molar-refractivity contribution in [3.05, 3.63) is 38.3 Å². The van der Waals surface area contributed by atoms with Gasteiger partial charge in [0.15, 0.2) is 0 Å². The van der Waals surface area contributed by atoms with Crippen LogP contribution in [-0.2, 0) is 11.2 Å². The Morgan fingerprint density at radius 2 is 2.33 bits per heavy atom. The molecule has 2 N–H and O–H groups in total. The van der Waals surface area contributed by atoms with Crippen LogP contribution in [0.4, 0.5) is 5.69 Å². The van der Waals surface area contributed by atoms with Crippen molar-refractivity contribution in [2.24, 2.45) is 5.73 Å². The fraction of sp³-hybridized carbons (Fsp3) is 0.500. The summed E-state index contributed by atoms with van der Waals surface area (Å²) in [6.07, 6.45) is 2.21. The number of benzene rings is 1. The van der Waals surface area contributed by atoms with Crippen molar-refractivity contribution in [3.8, 4) is 0 Å². The van der Waals surface area contributed by atoms with E-state index in [9.17, 15) is 10.1 Å². The lowest BCUT2D eigenvalue weighted by Crippen LogP contribution is -2.49. The van der Waals surface area contributed by atoms with Crippen LogP contribution in [0.1, 0.15) is 18.4 Å². The van der Waals surface area contributed by atoms with Crippen LogP contribution < -0.4 is 5.73 Å². The number of nitrogens with zero attached hydrogens (tertiary/aromatic N) is 1. The number of nitrogens with two attached hydrogens (primary N) is 1. The maximum Gasteiger partial charge on any atom is 0.273 e. The predicted octanol–water partition coefficient (Wildman–Crippen LogP) is 2.41. The second-order valence-electron chi connectivity index (χ2n) is 4.73.